The lowest BCUT2D eigenvalue weighted by molar-refractivity contribution is -0.192. The van der Waals surface area contributed by atoms with E-state index in [-0.39, 0.29) is 29.8 Å². The molecule has 4 rings (SSSR count). The van der Waals surface area contributed by atoms with Crippen LogP contribution in [0.15, 0.2) is 53.1 Å². The second kappa shape index (κ2) is 13.3. The maximum Gasteiger partial charge on any atom is 0.490 e. The number of halogens is 9. The molecule has 3 aromatic rings. The molecule has 2 heterocycles. The van der Waals surface area contributed by atoms with Crippen LogP contribution in [0.3, 0.4) is 0 Å². The summed E-state index contributed by atoms with van der Waals surface area (Å²) in [6.07, 6.45) is -10.1. The molecule has 1 atom stereocenters. The van der Waals surface area contributed by atoms with Gasteiger partial charge in [0, 0.05) is 12.1 Å². The highest BCUT2D eigenvalue weighted by atomic mass is 19.4. The zero-order valence-electron chi connectivity index (χ0n) is 22.1. The van der Waals surface area contributed by atoms with E-state index in [1.165, 1.54) is 30.4 Å². The molecule has 4 N–H and O–H groups in total. The van der Waals surface area contributed by atoms with Crippen LogP contribution < -0.4 is 10.5 Å². The zero-order valence-corrected chi connectivity index (χ0v) is 22.1. The third-order valence-corrected chi connectivity index (χ3v) is 5.96. The van der Waals surface area contributed by atoms with Gasteiger partial charge in [0.25, 0.3) is 0 Å². The van der Waals surface area contributed by atoms with E-state index < -0.39 is 47.4 Å². The molecule has 1 aliphatic rings. The number of nitrogens with zero attached hydrogens (tertiary/aromatic N) is 3. The van der Waals surface area contributed by atoms with E-state index in [0.717, 1.165) is 30.7 Å². The second-order valence-corrected chi connectivity index (χ2v) is 9.04. The van der Waals surface area contributed by atoms with Crippen LogP contribution in [-0.2, 0) is 17.1 Å². The van der Waals surface area contributed by atoms with Gasteiger partial charge in [-0.15, -0.1) is 0 Å². The average Bonchev–Trinajstić information content (AvgIpc) is 3.60. The van der Waals surface area contributed by atoms with Crippen molar-refractivity contribution in [1.29, 1.82) is 5.41 Å². The standard InChI is InChI=1S/C24H21F6N5O2.C2HF3O2/c25-23(26,27)16-8-5-14(6-9-16)3-2-12-36-19-10-7-15(13-17(19)24(28,29)30)20-33-21(37-34-20)18-4-1-11-35(18)22(31)32;3-2(4,5)1(6)7/h2-3,5-10,13,18H,1,4,11-12H2,(H3,31,32);(H,6,7)/b3-2-;/t18-;/m0./s1. The zero-order chi connectivity index (χ0) is 32.9. The predicted octanol–water partition coefficient (Wildman–Crippen LogP) is 6.53. The van der Waals surface area contributed by atoms with Crippen LogP contribution in [-0.4, -0.2) is 51.4 Å². The molecular weight excluding hydrogens is 617 g/mol. The van der Waals surface area contributed by atoms with E-state index in [4.69, 9.17) is 30.3 Å². The fraction of sp³-hybridized carbons (Fsp3) is 0.308. The van der Waals surface area contributed by atoms with Crippen LogP contribution in [0.5, 0.6) is 5.75 Å². The number of hydrogen-bond donors (Lipinski definition) is 3. The molecule has 0 unspecified atom stereocenters. The van der Waals surface area contributed by atoms with Crippen LogP contribution in [0.2, 0.25) is 0 Å². The molecule has 1 aliphatic heterocycles. The van der Waals surface area contributed by atoms with Gasteiger partial charge in [-0.1, -0.05) is 23.4 Å². The monoisotopic (exact) mass is 639 g/mol. The van der Waals surface area contributed by atoms with Crippen LogP contribution in [0.1, 0.15) is 41.5 Å². The Hall–Kier alpha value is -4.77. The summed E-state index contributed by atoms with van der Waals surface area (Å²) in [5.74, 6) is -3.24. The van der Waals surface area contributed by atoms with Crippen molar-refractivity contribution in [3.8, 4) is 17.1 Å². The fourth-order valence-corrected chi connectivity index (χ4v) is 3.92. The van der Waals surface area contributed by atoms with Gasteiger partial charge in [0.15, 0.2) is 5.96 Å². The van der Waals surface area contributed by atoms with Crippen LogP contribution in [0.25, 0.3) is 17.5 Å². The van der Waals surface area contributed by atoms with Gasteiger partial charge >= 0.3 is 24.5 Å². The van der Waals surface area contributed by atoms with Crippen molar-refractivity contribution in [3.63, 3.8) is 0 Å². The Kier molecular flexibility index (Phi) is 10.2. The van der Waals surface area contributed by atoms with Crippen LogP contribution in [0, 0.1) is 5.41 Å². The maximum atomic E-state index is 13.7. The Bertz CT molecular complexity index is 1480. The minimum absolute atomic E-state index is 0.0512. The van der Waals surface area contributed by atoms with Crippen molar-refractivity contribution in [2.24, 2.45) is 5.73 Å². The largest absolute Gasteiger partial charge is 0.490 e. The van der Waals surface area contributed by atoms with E-state index in [0.29, 0.717) is 18.5 Å². The Morgan fingerprint density at radius 3 is 2.25 bits per heavy atom. The molecule has 44 heavy (non-hydrogen) atoms. The minimum Gasteiger partial charge on any atom is -0.489 e. The topological polar surface area (TPSA) is 139 Å². The SMILES string of the molecule is N=C(N)N1CCC[C@H]1c1nc(-c2ccc(OC/C=C\c3ccc(C(F)(F)F)cc3)c(C(F)(F)F)c2)no1.O=C(O)C(F)(F)F. The number of carboxylic acid groups (broad SMARTS) is 1. The number of hydrogen-bond acceptors (Lipinski definition) is 6. The molecule has 0 radical (unpaired) electrons. The molecule has 0 amide bonds. The molecule has 0 saturated carbocycles. The Morgan fingerprint density at radius 1 is 1.07 bits per heavy atom. The lowest BCUT2D eigenvalue weighted by atomic mass is 10.1. The number of aliphatic carboxylic acids is 1. The molecule has 1 saturated heterocycles. The van der Waals surface area contributed by atoms with Gasteiger partial charge in [0.05, 0.1) is 11.1 Å². The number of carboxylic acids is 1. The summed E-state index contributed by atoms with van der Waals surface area (Å²) in [6.45, 7) is 0.285. The Balaban J connectivity index is 0.000000676. The number of benzene rings is 2. The summed E-state index contributed by atoms with van der Waals surface area (Å²) in [7, 11) is 0. The smallest absolute Gasteiger partial charge is 0.489 e. The van der Waals surface area contributed by atoms with Gasteiger partial charge < -0.3 is 25.0 Å². The molecule has 0 bridgehead atoms. The van der Waals surface area contributed by atoms with Gasteiger partial charge in [-0.05, 0) is 54.8 Å². The van der Waals surface area contributed by atoms with E-state index in [1.807, 2.05) is 0 Å². The summed E-state index contributed by atoms with van der Waals surface area (Å²) in [5.41, 5.74) is 4.20. The highest BCUT2D eigenvalue weighted by Gasteiger charge is 2.38. The lowest BCUT2D eigenvalue weighted by Crippen LogP contribution is -2.35. The summed E-state index contributed by atoms with van der Waals surface area (Å²) < 4.78 is 121. The summed E-state index contributed by atoms with van der Waals surface area (Å²) >= 11 is 0. The van der Waals surface area contributed by atoms with Gasteiger partial charge in [0.1, 0.15) is 18.4 Å². The molecule has 2 aromatic carbocycles. The number of likely N-dealkylation sites (tertiary alicyclic amines) is 1. The lowest BCUT2D eigenvalue weighted by Gasteiger charge is -2.21. The molecule has 1 fully saturated rings. The molecule has 238 valence electrons. The van der Waals surface area contributed by atoms with E-state index in [9.17, 15) is 39.5 Å². The summed E-state index contributed by atoms with van der Waals surface area (Å²) in [5, 5.41) is 18.6. The summed E-state index contributed by atoms with van der Waals surface area (Å²) in [6, 6.07) is 7.24. The van der Waals surface area contributed by atoms with Crippen LogP contribution >= 0.6 is 0 Å². The molecule has 0 aliphatic carbocycles. The molecule has 9 nitrogen and oxygen atoms in total. The number of rotatable bonds is 6. The van der Waals surface area contributed by atoms with Crippen LogP contribution in [0.4, 0.5) is 39.5 Å². The first kappa shape index (κ1) is 33.7. The number of carbonyl (C=O) groups is 1. The number of ether oxygens (including phenoxy) is 1. The molecular formula is C26H22F9N5O4. The van der Waals surface area contributed by atoms with E-state index in [1.54, 1.807) is 4.90 Å². The quantitative estimate of drug-likeness (QED) is 0.157. The van der Waals surface area contributed by atoms with Crippen molar-refractivity contribution >= 4 is 18.0 Å². The Labute approximate surface area is 242 Å². The van der Waals surface area contributed by atoms with Gasteiger partial charge in [-0.25, -0.2) is 4.79 Å². The van der Waals surface area contributed by atoms with Gasteiger partial charge in [-0.3, -0.25) is 5.41 Å². The van der Waals surface area contributed by atoms with Crippen molar-refractivity contribution in [2.45, 2.75) is 37.4 Å². The maximum absolute atomic E-state index is 13.7. The third kappa shape index (κ3) is 8.87. The highest BCUT2D eigenvalue weighted by molar-refractivity contribution is 5.75. The fourth-order valence-electron chi connectivity index (χ4n) is 3.92. The number of alkyl halides is 9. The summed E-state index contributed by atoms with van der Waals surface area (Å²) in [4.78, 5) is 14.7. The highest BCUT2D eigenvalue weighted by Crippen LogP contribution is 2.39. The number of nitrogens with two attached hydrogens (primary N) is 1. The van der Waals surface area contributed by atoms with Crippen molar-refractivity contribution < 1.29 is 58.7 Å². The van der Waals surface area contributed by atoms with Gasteiger partial charge in [-0.2, -0.15) is 44.5 Å². The molecule has 0 spiro atoms. The van der Waals surface area contributed by atoms with Crippen molar-refractivity contribution in [1.82, 2.24) is 15.0 Å². The predicted molar refractivity (Wildman–Crippen MR) is 135 cm³/mol. The van der Waals surface area contributed by atoms with E-state index >= 15 is 0 Å². The van der Waals surface area contributed by atoms with E-state index in [2.05, 4.69) is 10.1 Å². The number of guanidine groups is 1. The van der Waals surface area contributed by atoms with Crippen molar-refractivity contribution in [3.05, 3.63) is 71.1 Å². The van der Waals surface area contributed by atoms with Gasteiger partial charge in [0.2, 0.25) is 11.7 Å². The molecule has 18 heteroatoms. The number of aromatic nitrogens is 2. The first-order valence-electron chi connectivity index (χ1n) is 12.3. The normalized spacial score (nSPS) is 15.7. The minimum atomic E-state index is -5.08. The Morgan fingerprint density at radius 2 is 1.70 bits per heavy atom. The van der Waals surface area contributed by atoms with Crippen molar-refractivity contribution in [2.75, 3.05) is 13.2 Å². The second-order valence-electron chi connectivity index (χ2n) is 9.04. The first-order valence-corrected chi connectivity index (χ1v) is 12.3. The molecule has 1 aromatic heterocycles. The first-order chi connectivity index (χ1) is 20.4. The average molecular weight is 639 g/mol. The number of nitrogens with one attached hydrogen (secondary N) is 1. The third-order valence-electron chi connectivity index (χ3n) is 5.96.